The number of carbonyl (C=O) groups is 1. The molecule has 1 aromatic carbocycles. The van der Waals surface area contributed by atoms with Gasteiger partial charge in [-0.1, -0.05) is 28.1 Å². The largest absolute Gasteiger partial charge is 0.383 e. The molecule has 5 heteroatoms. The highest BCUT2D eigenvalue weighted by Crippen LogP contribution is 2.42. The second-order valence-electron chi connectivity index (χ2n) is 4.21. The maximum absolute atomic E-state index is 12.1. The number of rotatable bonds is 4. The van der Waals surface area contributed by atoms with Crippen LogP contribution in [0.3, 0.4) is 0 Å². The molecule has 0 aliphatic carbocycles. The Kier molecular flexibility index (Phi) is 4.70. The van der Waals surface area contributed by atoms with Gasteiger partial charge in [-0.05, 0) is 24.6 Å². The fraction of sp³-hybridized carbons (Fsp3) is 0.462. The minimum atomic E-state index is 0.0236. The average molecular weight is 330 g/mol. The highest BCUT2D eigenvalue weighted by Gasteiger charge is 2.37. The molecule has 1 aromatic rings. The van der Waals surface area contributed by atoms with Crippen molar-refractivity contribution in [3.63, 3.8) is 0 Å². The summed E-state index contributed by atoms with van der Waals surface area (Å²) >= 11 is 5.12. The molecule has 98 valence electrons. The van der Waals surface area contributed by atoms with E-state index in [4.69, 9.17) is 4.74 Å². The van der Waals surface area contributed by atoms with Crippen molar-refractivity contribution in [2.45, 2.75) is 17.5 Å². The van der Waals surface area contributed by atoms with E-state index in [0.29, 0.717) is 13.2 Å². The van der Waals surface area contributed by atoms with Crippen molar-refractivity contribution in [2.24, 2.45) is 0 Å². The Morgan fingerprint density at radius 2 is 2.06 bits per heavy atom. The van der Waals surface area contributed by atoms with Gasteiger partial charge >= 0.3 is 0 Å². The van der Waals surface area contributed by atoms with E-state index >= 15 is 0 Å². The van der Waals surface area contributed by atoms with Crippen molar-refractivity contribution < 1.29 is 9.53 Å². The van der Waals surface area contributed by atoms with Gasteiger partial charge in [0.05, 0.1) is 11.9 Å². The molecule has 0 bridgehead atoms. The Morgan fingerprint density at radius 3 is 2.67 bits per heavy atom. The third kappa shape index (κ3) is 2.90. The van der Waals surface area contributed by atoms with Crippen LogP contribution in [-0.4, -0.2) is 36.3 Å². The molecular formula is C13H16BrNO2S. The van der Waals surface area contributed by atoms with Gasteiger partial charge in [0.2, 0.25) is 5.91 Å². The molecule has 1 heterocycles. The maximum atomic E-state index is 12.1. The van der Waals surface area contributed by atoms with Crippen LogP contribution in [0.15, 0.2) is 28.7 Å². The first-order chi connectivity index (χ1) is 8.63. The first-order valence-corrected chi connectivity index (χ1v) is 7.57. The molecule has 0 aromatic heterocycles. The minimum Gasteiger partial charge on any atom is -0.383 e. The molecule has 2 atom stereocenters. The van der Waals surface area contributed by atoms with Crippen LogP contribution >= 0.6 is 27.7 Å². The molecule has 0 N–H and O–H groups in total. The second-order valence-corrected chi connectivity index (χ2v) is 6.55. The number of halogens is 1. The summed E-state index contributed by atoms with van der Waals surface area (Å²) < 4.78 is 6.13. The van der Waals surface area contributed by atoms with Crippen LogP contribution < -0.4 is 0 Å². The van der Waals surface area contributed by atoms with Crippen LogP contribution in [0.25, 0.3) is 0 Å². The number of ether oxygens (including phenoxy) is 1. The van der Waals surface area contributed by atoms with Gasteiger partial charge in [-0.15, -0.1) is 11.8 Å². The van der Waals surface area contributed by atoms with Gasteiger partial charge in [0.1, 0.15) is 5.37 Å². The van der Waals surface area contributed by atoms with Crippen LogP contribution in [0.1, 0.15) is 17.9 Å². The summed E-state index contributed by atoms with van der Waals surface area (Å²) in [6.07, 6.45) is 0. The molecule has 0 saturated carbocycles. The fourth-order valence-corrected chi connectivity index (χ4v) is 3.55. The van der Waals surface area contributed by atoms with E-state index in [2.05, 4.69) is 28.1 Å². The Bertz CT molecular complexity index is 424. The number of benzene rings is 1. The van der Waals surface area contributed by atoms with Crippen molar-refractivity contribution >= 4 is 33.6 Å². The first kappa shape index (κ1) is 13.9. The van der Waals surface area contributed by atoms with Gasteiger partial charge in [0.15, 0.2) is 0 Å². The van der Waals surface area contributed by atoms with E-state index in [1.807, 2.05) is 24.0 Å². The van der Waals surface area contributed by atoms with E-state index in [-0.39, 0.29) is 16.5 Å². The lowest BCUT2D eigenvalue weighted by Crippen LogP contribution is -2.33. The van der Waals surface area contributed by atoms with Crippen molar-refractivity contribution in [1.29, 1.82) is 0 Å². The van der Waals surface area contributed by atoms with E-state index in [1.165, 1.54) is 0 Å². The topological polar surface area (TPSA) is 29.5 Å². The van der Waals surface area contributed by atoms with Crippen molar-refractivity contribution in [2.75, 3.05) is 20.3 Å². The van der Waals surface area contributed by atoms with Gasteiger partial charge in [0, 0.05) is 18.1 Å². The van der Waals surface area contributed by atoms with Gasteiger partial charge in [-0.2, -0.15) is 0 Å². The van der Waals surface area contributed by atoms with Gasteiger partial charge in [-0.3, -0.25) is 4.79 Å². The molecule has 1 amide bonds. The molecule has 1 aliphatic heterocycles. The molecule has 0 unspecified atom stereocenters. The zero-order chi connectivity index (χ0) is 13.1. The summed E-state index contributed by atoms with van der Waals surface area (Å²) in [5, 5.41) is 0.131. The van der Waals surface area contributed by atoms with E-state index < -0.39 is 0 Å². The molecule has 1 aliphatic rings. The van der Waals surface area contributed by atoms with Gasteiger partial charge < -0.3 is 9.64 Å². The molecule has 2 rings (SSSR count). The zero-order valence-corrected chi connectivity index (χ0v) is 12.8. The molecule has 1 fully saturated rings. The van der Waals surface area contributed by atoms with Crippen LogP contribution in [-0.2, 0) is 9.53 Å². The number of methoxy groups -OCH3 is 1. The second kappa shape index (κ2) is 6.08. The molecule has 18 heavy (non-hydrogen) atoms. The lowest BCUT2D eigenvalue weighted by molar-refractivity contribution is -0.130. The fourth-order valence-electron chi connectivity index (χ4n) is 1.98. The monoisotopic (exact) mass is 329 g/mol. The predicted octanol–water partition coefficient (Wildman–Crippen LogP) is 3.06. The quantitative estimate of drug-likeness (QED) is 0.850. The van der Waals surface area contributed by atoms with Gasteiger partial charge in [-0.25, -0.2) is 0 Å². The number of thioether (sulfide) groups is 1. The lowest BCUT2D eigenvalue weighted by atomic mass is 10.2. The number of hydrogen-bond acceptors (Lipinski definition) is 3. The van der Waals surface area contributed by atoms with Gasteiger partial charge in [0.25, 0.3) is 0 Å². The summed E-state index contributed by atoms with van der Waals surface area (Å²) in [6, 6.07) is 8.15. The third-order valence-corrected chi connectivity index (χ3v) is 4.86. The summed E-state index contributed by atoms with van der Waals surface area (Å²) in [5.41, 5.74) is 1.16. The Hall–Kier alpha value is -0.520. The SMILES string of the molecule is COCCN1C(=O)[C@@H](C)S[C@H]1c1ccc(Br)cc1. The normalized spacial score (nSPS) is 23.7. The zero-order valence-electron chi connectivity index (χ0n) is 10.4. The summed E-state index contributed by atoms with van der Waals surface area (Å²) in [6.45, 7) is 3.19. The number of nitrogens with zero attached hydrogens (tertiary/aromatic N) is 1. The Balaban J connectivity index is 2.19. The summed E-state index contributed by atoms with van der Waals surface area (Å²) in [5.74, 6) is 0.199. The first-order valence-electron chi connectivity index (χ1n) is 5.84. The van der Waals surface area contributed by atoms with Crippen molar-refractivity contribution in [3.8, 4) is 0 Å². The lowest BCUT2D eigenvalue weighted by Gasteiger charge is -2.23. The van der Waals surface area contributed by atoms with E-state index in [9.17, 15) is 4.79 Å². The molecule has 1 saturated heterocycles. The minimum absolute atomic E-state index is 0.0236. The van der Waals surface area contributed by atoms with E-state index in [1.54, 1.807) is 18.9 Å². The van der Waals surface area contributed by atoms with Crippen LogP contribution in [0.4, 0.5) is 0 Å². The molecular weight excluding hydrogens is 314 g/mol. The number of amides is 1. The van der Waals surface area contributed by atoms with E-state index in [0.717, 1.165) is 10.0 Å². The Morgan fingerprint density at radius 1 is 1.39 bits per heavy atom. The van der Waals surface area contributed by atoms with Crippen molar-refractivity contribution in [3.05, 3.63) is 34.3 Å². The third-order valence-electron chi connectivity index (χ3n) is 2.94. The van der Waals surface area contributed by atoms with Crippen LogP contribution in [0.5, 0.6) is 0 Å². The Labute approximate surface area is 120 Å². The average Bonchev–Trinajstić information content (AvgIpc) is 2.64. The number of carbonyl (C=O) groups excluding carboxylic acids is 1. The highest BCUT2D eigenvalue weighted by molar-refractivity contribution is 9.10. The van der Waals surface area contributed by atoms with Crippen LogP contribution in [0, 0.1) is 0 Å². The molecule has 3 nitrogen and oxygen atoms in total. The standard InChI is InChI=1S/C13H16BrNO2S/c1-9-12(16)15(7-8-17-2)13(18-9)10-3-5-11(14)6-4-10/h3-6,9,13H,7-8H2,1-2H3/t9-,13+/m1/s1. The number of hydrogen-bond donors (Lipinski definition) is 0. The molecule has 0 spiro atoms. The van der Waals surface area contributed by atoms with Crippen molar-refractivity contribution in [1.82, 2.24) is 4.90 Å². The molecule has 0 radical (unpaired) electrons. The summed E-state index contributed by atoms with van der Waals surface area (Å²) in [4.78, 5) is 14.0. The predicted molar refractivity (Wildman–Crippen MR) is 77.5 cm³/mol. The highest BCUT2D eigenvalue weighted by atomic mass is 79.9. The smallest absolute Gasteiger partial charge is 0.236 e. The maximum Gasteiger partial charge on any atom is 0.236 e. The summed E-state index contributed by atoms with van der Waals surface area (Å²) in [7, 11) is 1.66. The van der Waals surface area contributed by atoms with Crippen LogP contribution in [0.2, 0.25) is 0 Å².